The zero-order valence-electron chi connectivity index (χ0n) is 23.5. The number of aliphatic hydroxyl groups excluding tert-OH is 1. The van der Waals surface area contributed by atoms with Gasteiger partial charge < -0.3 is 38.4 Å². The summed E-state index contributed by atoms with van der Waals surface area (Å²) in [7, 11) is 4.57. The van der Waals surface area contributed by atoms with Crippen molar-refractivity contribution in [2.24, 2.45) is 11.8 Å². The number of Topliss-reactive ketones (excluding diaryl/α,β-unsaturated/α-hetero) is 1. The third-order valence-electron chi connectivity index (χ3n) is 7.08. The summed E-state index contributed by atoms with van der Waals surface area (Å²) in [5.41, 5.74) is 1.30. The molecule has 2 aromatic rings. The van der Waals surface area contributed by atoms with E-state index in [4.69, 9.17) is 33.5 Å². The molecule has 3 aliphatic rings. The van der Waals surface area contributed by atoms with Crippen molar-refractivity contribution < 1.29 is 43.1 Å². The van der Waals surface area contributed by atoms with E-state index in [9.17, 15) is 9.59 Å². The number of carbonyl (C=O) groups is 2. The number of ketones is 1. The van der Waals surface area contributed by atoms with Crippen molar-refractivity contribution in [3.05, 3.63) is 60.0 Å². The normalized spacial score (nSPS) is 23.4. The maximum absolute atomic E-state index is 13.3. The number of rotatable bonds is 6. The number of benzene rings is 2. The molecule has 216 valence electrons. The summed E-state index contributed by atoms with van der Waals surface area (Å²) in [4.78, 5) is 27.1. The number of hydrogen-bond acceptors (Lipinski definition) is 10. The largest absolute Gasteiger partial charge is 0.497 e. The van der Waals surface area contributed by atoms with E-state index < -0.39 is 5.97 Å². The Morgan fingerprint density at radius 3 is 2.38 bits per heavy atom. The van der Waals surface area contributed by atoms with E-state index in [0.29, 0.717) is 42.5 Å². The van der Waals surface area contributed by atoms with E-state index >= 15 is 0 Å². The van der Waals surface area contributed by atoms with Crippen molar-refractivity contribution >= 4 is 17.4 Å². The highest BCUT2D eigenvalue weighted by molar-refractivity contribution is 5.96. The van der Waals surface area contributed by atoms with Gasteiger partial charge >= 0.3 is 5.97 Å². The van der Waals surface area contributed by atoms with Gasteiger partial charge in [0.05, 0.1) is 44.6 Å². The third kappa shape index (κ3) is 6.51. The zero-order valence-corrected chi connectivity index (χ0v) is 23.5. The summed E-state index contributed by atoms with van der Waals surface area (Å²) < 4.78 is 33.8. The minimum atomic E-state index is -0.437. The Morgan fingerprint density at radius 1 is 1.02 bits per heavy atom. The molecule has 1 saturated carbocycles. The molecule has 2 aromatic carbocycles. The van der Waals surface area contributed by atoms with E-state index in [-0.39, 0.29) is 41.7 Å². The summed E-state index contributed by atoms with van der Waals surface area (Å²) in [6.07, 6.45) is 2.39. The molecule has 10 nitrogen and oxygen atoms in total. The monoisotopic (exact) mass is 555 g/mol. The van der Waals surface area contributed by atoms with Gasteiger partial charge in [0.2, 0.25) is 11.5 Å². The average Bonchev–Trinajstić information content (AvgIpc) is 2.97. The van der Waals surface area contributed by atoms with Crippen LogP contribution in [0.2, 0.25) is 0 Å². The molecule has 1 saturated heterocycles. The van der Waals surface area contributed by atoms with Crippen LogP contribution in [-0.2, 0) is 19.0 Å². The molecule has 0 spiro atoms. The molecule has 1 N–H and O–H groups in total. The van der Waals surface area contributed by atoms with E-state index in [1.165, 1.54) is 13.4 Å². The number of anilines is 1. The fourth-order valence-corrected chi connectivity index (χ4v) is 5.20. The van der Waals surface area contributed by atoms with Crippen LogP contribution < -0.4 is 19.1 Å². The Kier molecular flexibility index (Phi) is 9.54. The van der Waals surface area contributed by atoms with Gasteiger partial charge in [0.25, 0.3) is 0 Å². The van der Waals surface area contributed by atoms with Crippen molar-refractivity contribution in [2.75, 3.05) is 39.5 Å². The van der Waals surface area contributed by atoms with Crippen molar-refractivity contribution in [3.8, 4) is 17.2 Å². The molecule has 0 bridgehead atoms. The first-order chi connectivity index (χ1) is 19.2. The number of allylic oxidation sites excluding steroid dienone is 1. The second-order valence-corrected chi connectivity index (χ2v) is 10.1. The Hall–Kier alpha value is -3.76. The number of nitrogens with zero attached hydrogens (tertiary/aromatic N) is 1. The van der Waals surface area contributed by atoms with Gasteiger partial charge in [-0.25, -0.2) is 4.79 Å². The molecule has 5 rings (SSSR count). The molecule has 10 heteroatoms. The minimum Gasteiger partial charge on any atom is -0.497 e. The molecule has 2 aliphatic heterocycles. The van der Waals surface area contributed by atoms with Crippen molar-refractivity contribution in [1.82, 2.24) is 0 Å². The highest BCUT2D eigenvalue weighted by Gasteiger charge is 2.49. The summed E-state index contributed by atoms with van der Waals surface area (Å²) in [5.74, 6) is 1.17. The number of carbonyl (C=O) groups excluding carboxylic acids is 2. The van der Waals surface area contributed by atoms with Crippen molar-refractivity contribution in [3.63, 3.8) is 0 Å². The lowest BCUT2D eigenvalue weighted by Crippen LogP contribution is -2.57. The topological polar surface area (TPSA) is 113 Å². The van der Waals surface area contributed by atoms with Gasteiger partial charge in [-0.05, 0) is 63.1 Å². The third-order valence-corrected chi connectivity index (χ3v) is 7.08. The molecule has 2 fully saturated rings. The SMILES string of the molecule is CC(C)O.COC(=O)c1ccc(OC2=COC3C(CCC4OCN(c5ccc(OC)cc5OC)CC43)C2=O)cc1. The smallest absolute Gasteiger partial charge is 0.337 e. The molecular weight excluding hydrogens is 518 g/mol. The first kappa shape index (κ1) is 29.2. The molecule has 4 atom stereocenters. The quantitative estimate of drug-likeness (QED) is 0.526. The van der Waals surface area contributed by atoms with Gasteiger partial charge in [0, 0.05) is 24.6 Å². The second-order valence-electron chi connectivity index (χ2n) is 10.1. The molecule has 2 heterocycles. The molecule has 0 amide bonds. The van der Waals surface area contributed by atoms with E-state index in [1.807, 2.05) is 18.2 Å². The maximum atomic E-state index is 13.3. The maximum Gasteiger partial charge on any atom is 0.337 e. The van der Waals surface area contributed by atoms with Gasteiger partial charge in [-0.3, -0.25) is 4.79 Å². The van der Waals surface area contributed by atoms with Crippen molar-refractivity contribution in [1.29, 1.82) is 0 Å². The second kappa shape index (κ2) is 13.1. The lowest BCUT2D eigenvalue weighted by molar-refractivity contribution is -0.146. The fourth-order valence-electron chi connectivity index (χ4n) is 5.20. The number of hydrogen-bond donors (Lipinski definition) is 1. The first-order valence-corrected chi connectivity index (χ1v) is 13.3. The van der Waals surface area contributed by atoms with Crippen LogP contribution in [0.1, 0.15) is 37.0 Å². The first-order valence-electron chi connectivity index (χ1n) is 13.3. The lowest BCUT2D eigenvalue weighted by Gasteiger charge is -2.48. The fraction of sp³-hybridized carbons (Fsp3) is 0.467. The van der Waals surface area contributed by atoms with E-state index in [2.05, 4.69) is 4.90 Å². The highest BCUT2D eigenvalue weighted by atomic mass is 16.5. The number of esters is 1. The summed E-state index contributed by atoms with van der Waals surface area (Å²) in [5, 5.41) is 8.06. The van der Waals surface area contributed by atoms with Crippen LogP contribution in [0.3, 0.4) is 0 Å². The zero-order chi connectivity index (χ0) is 28.8. The van der Waals surface area contributed by atoms with Crippen LogP contribution in [0.15, 0.2) is 54.5 Å². The molecule has 40 heavy (non-hydrogen) atoms. The number of fused-ring (bicyclic) bond motifs is 3. The molecular formula is C30H37NO9. The minimum absolute atomic E-state index is 0.00500. The number of aliphatic hydroxyl groups is 1. The summed E-state index contributed by atoms with van der Waals surface area (Å²) >= 11 is 0. The Bertz CT molecular complexity index is 1210. The van der Waals surface area contributed by atoms with Gasteiger partial charge in [-0.15, -0.1) is 0 Å². The lowest BCUT2D eigenvalue weighted by atomic mass is 9.73. The number of ether oxygens (including phenoxy) is 6. The molecule has 1 aliphatic carbocycles. The van der Waals surface area contributed by atoms with Gasteiger partial charge in [-0.1, -0.05) is 0 Å². The van der Waals surface area contributed by atoms with Crippen LogP contribution in [-0.4, -0.2) is 69.8 Å². The van der Waals surface area contributed by atoms with Crippen LogP contribution in [0.4, 0.5) is 5.69 Å². The van der Waals surface area contributed by atoms with Crippen LogP contribution >= 0.6 is 0 Å². The van der Waals surface area contributed by atoms with E-state index in [1.54, 1.807) is 52.3 Å². The van der Waals surface area contributed by atoms with Crippen LogP contribution in [0.25, 0.3) is 0 Å². The van der Waals surface area contributed by atoms with Gasteiger partial charge in [-0.2, -0.15) is 0 Å². The predicted octanol–water partition coefficient (Wildman–Crippen LogP) is 3.95. The standard InChI is InChI=1S/C27H29NO8.C3H8O/c1-31-18-8-10-21(23(12-18)32-2)28-13-20-22(35-15-28)11-9-19-25(29)24(14-34-26(19)20)36-17-6-4-16(5-7-17)27(30)33-3;1-3(2)4/h4-8,10,12,14,19-20,22,26H,9,11,13,15H2,1-3H3;3-4H,1-2H3. The molecule has 4 unspecified atom stereocenters. The summed E-state index contributed by atoms with van der Waals surface area (Å²) in [6.45, 7) is 4.54. The predicted molar refractivity (Wildman–Crippen MR) is 147 cm³/mol. The Labute approximate surface area is 234 Å². The Morgan fingerprint density at radius 2 is 1.73 bits per heavy atom. The highest BCUT2D eigenvalue weighted by Crippen LogP contribution is 2.43. The van der Waals surface area contributed by atoms with Crippen LogP contribution in [0, 0.1) is 11.8 Å². The van der Waals surface area contributed by atoms with Gasteiger partial charge in [0.1, 0.15) is 36.3 Å². The summed E-state index contributed by atoms with van der Waals surface area (Å²) in [6, 6.07) is 12.1. The molecule has 0 radical (unpaired) electrons. The van der Waals surface area contributed by atoms with Crippen LogP contribution in [0.5, 0.6) is 17.2 Å². The Balaban J connectivity index is 0.000000867. The number of methoxy groups -OCH3 is 3. The van der Waals surface area contributed by atoms with Crippen molar-refractivity contribution in [2.45, 2.75) is 45.0 Å². The average molecular weight is 556 g/mol. The molecule has 0 aromatic heterocycles. The van der Waals surface area contributed by atoms with E-state index in [0.717, 1.165) is 12.1 Å². The van der Waals surface area contributed by atoms with Gasteiger partial charge in [0.15, 0.2) is 0 Å².